The van der Waals surface area contributed by atoms with Gasteiger partial charge in [0.15, 0.2) is 5.96 Å². The third-order valence-electron chi connectivity index (χ3n) is 4.37. The molecule has 0 aliphatic carbocycles. The van der Waals surface area contributed by atoms with Crippen molar-refractivity contribution in [1.29, 1.82) is 0 Å². The van der Waals surface area contributed by atoms with Crippen molar-refractivity contribution < 1.29 is 9.26 Å². The monoisotopic (exact) mass is 486 g/mol. The first-order valence-corrected chi connectivity index (χ1v) is 9.01. The van der Waals surface area contributed by atoms with Crippen LogP contribution in [0.5, 0.6) is 5.75 Å². The van der Waals surface area contributed by atoms with E-state index in [-0.39, 0.29) is 29.9 Å². The van der Waals surface area contributed by atoms with Gasteiger partial charge in [0, 0.05) is 38.2 Å². The van der Waals surface area contributed by atoms with E-state index in [4.69, 9.17) is 14.3 Å². The van der Waals surface area contributed by atoms with Crippen LogP contribution in [0.15, 0.2) is 33.8 Å². The van der Waals surface area contributed by atoms with Gasteiger partial charge in [-0.25, -0.2) is 0 Å². The second-order valence-electron chi connectivity index (χ2n) is 6.54. The molecule has 0 aliphatic rings. The number of ether oxygens (including phenoxy) is 1. The highest BCUT2D eigenvalue weighted by atomic mass is 127. The van der Waals surface area contributed by atoms with Crippen LogP contribution in [-0.2, 0) is 6.54 Å². The lowest BCUT2D eigenvalue weighted by Gasteiger charge is -2.23. The molecule has 1 aromatic carbocycles. The maximum atomic E-state index is 5.28. The lowest BCUT2D eigenvalue weighted by Crippen LogP contribution is -2.38. The van der Waals surface area contributed by atoms with Crippen LogP contribution in [0.25, 0.3) is 0 Å². The number of methoxy groups -OCH3 is 1. The fourth-order valence-corrected chi connectivity index (χ4v) is 3.06. The zero-order valence-corrected chi connectivity index (χ0v) is 19.4. The molecular weight excluding hydrogens is 455 g/mol. The summed E-state index contributed by atoms with van der Waals surface area (Å²) in [6.45, 7) is 10.4. The summed E-state index contributed by atoms with van der Waals surface area (Å²) in [6, 6.07) is 8.11. The van der Waals surface area contributed by atoms with Gasteiger partial charge in [0.25, 0.3) is 0 Å². The summed E-state index contributed by atoms with van der Waals surface area (Å²) in [5.74, 6) is 2.89. The second kappa shape index (κ2) is 11.2. The van der Waals surface area contributed by atoms with Gasteiger partial charge in [-0.1, -0.05) is 24.2 Å². The van der Waals surface area contributed by atoms with E-state index < -0.39 is 0 Å². The van der Waals surface area contributed by atoms with Gasteiger partial charge in [-0.15, -0.1) is 24.0 Å². The largest absolute Gasteiger partial charge is 0.497 e. The van der Waals surface area contributed by atoms with E-state index in [9.17, 15) is 0 Å². The predicted octanol–water partition coefficient (Wildman–Crippen LogP) is 4.12. The summed E-state index contributed by atoms with van der Waals surface area (Å²) >= 11 is 0. The maximum absolute atomic E-state index is 5.28. The highest BCUT2D eigenvalue weighted by Crippen LogP contribution is 2.23. The molecule has 1 heterocycles. The number of hydrogen-bond acceptors (Lipinski definition) is 4. The molecular formula is C20H31IN4O2. The highest BCUT2D eigenvalue weighted by Gasteiger charge is 2.16. The van der Waals surface area contributed by atoms with Crippen molar-refractivity contribution in [2.24, 2.45) is 4.99 Å². The summed E-state index contributed by atoms with van der Waals surface area (Å²) in [5, 5.41) is 7.41. The quantitative estimate of drug-likeness (QED) is 0.363. The van der Waals surface area contributed by atoms with Crippen molar-refractivity contribution in [3.05, 3.63) is 46.8 Å². The van der Waals surface area contributed by atoms with Crippen LogP contribution in [0.1, 0.15) is 42.3 Å². The Morgan fingerprint density at radius 1 is 1.30 bits per heavy atom. The molecule has 2 rings (SSSR count). The second-order valence-corrected chi connectivity index (χ2v) is 6.54. The van der Waals surface area contributed by atoms with E-state index in [2.05, 4.69) is 41.4 Å². The molecule has 0 radical (unpaired) electrons. The minimum absolute atomic E-state index is 0. The first-order chi connectivity index (χ1) is 12.5. The molecule has 1 unspecified atom stereocenters. The fourth-order valence-electron chi connectivity index (χ4n) is 3.06. The van der Waals surface area contributed by atoms with Crippen LogP contribution in [0.2, 0.25) is 0 Å². The lowest BCUT2D eigenvalue weighted by molar-refractivity contribution is 0.391. The van der Waals surface area contributed by atoms with Gasteiger partial charge in [0.2, 0.25) is 0 Å². The van der Waals surface area contributed by atoms with Gasteiger partial charge in [0.1, 0.15) is 11.5 Å². The Morgan fingerprint density at radius 2 is 1.96 bits per heavy atom. The molecule has 0 saturated carbocycles. The van der Waals surface area contributed by atoms with Crippen LogP contribution in [-0.4, -0.2) is 43.3 Å². The Balaban J connectivity index is 0.00000364. The number of rotatable bonds is 7. The summed E-state index contributed by atoms with van der Waals surface area (Å²) in [6.07, 6.45) is 0. The van der Waals surface area contributed by atoms with Crippen LogP contribution < -0.4 is 10.1 Å². The Hall–Kier alpha value is -1.77. The molecule has 0 spiro atoms. The summed E-state index contributed by atoms with van der Waals surface area (Å²) < 4.78 is 10.5. The molecule has 27 heavy (non-hydrogen) atoms. The zero-order chi connectivity index (χ0) is 19.1. The number of aliphatic imine (C=N–C) groups is 1. The summed E-state index contributed by atoms with van der Waals surface area (Å²) in [5.41, 5.74) is 3.31. The smallest absolute Gasteiger partial charge is 0.193 e. The SMILES string of the molecule is CCNC(=NCC(C)c1c(C)noc1C)N(C)Cc1ccc(OC)cc1.I. The minimum Gasteiger partial charge on any atom is -0.497 e. The number of guanidine groups is 1. The topological polar surface area (TPSA) is 62.9 Å². The van der Waals surface area contributed by atoms with Crippen molar-refractivity contribution >= 4 is 29.9 Å². The van der Waals surface area contributed by atoms with Crippen LogP contribution in [0, 0.1) is 13.8 Å². The number of benzene rings is 1. The average molecular weight is 486 g/mol. The lowest BCUT2D eigenvalue weighted by atomic mass is 10.00. The van der Waals surface area contributed by atoms with Crippen molar-refractivity contribution in [3.8, 4) is 5.75 Å². The number of halogens is 1. The highest BCUT2D eigenvalue weighted by molar-refractivity contribution is 14.0. The van der Waals surface area contributed by atoms with Crippen molar-refractivity contribution in [3.63, 3.8) is 0 Å². The van der Waals surface area contributed by atoms with E-state index in [0.29, 0.717) is 6.54 Å². The van der Waals surface area contributed by atoms with Crippen molar-refractivity contribution in [2.75, 3.05) is 27.2 Å². The zero-order valence-electron chi connectivity index (χ0n) is 17.1. The number of aromatic nitrogens is 1. The molecule has 1 aromatic heterocycles. The van der Waals surface area contributed by atoms with Gasteiger partial charge in [-0.3, -0.25) is 4.99 Å². The van der Waals surface area contributed by atoms with Gasteiger partial charge >= 0.3 is 0 Å². The molecule has 0 aliphatic heterocycles. The number of nitrogens with one attached hydrogen (secondary N) is 1. The first-order valence-electron chi connectivity index (χ1n) is 9.01. The molecule has 0 saturated heterocycles. The molecule has 150 valence electrons. The minimum atomic E-state index is 0. The predicted molar refractivity (Wildman–Crippen MR) is 120 cm³/mol. The molecule has 0 amide bonds. The van der Waals surface area contributed by atoms with E-state index in [1.54, 1.807) is 7.11 Å². The Labute approximate surface area is 179 Å². The van der Waals surface area contributed by atoms with Crippen LogP contribution >= 0.6 is 24.0 Å². The Morgan fingerprint density at radius 3 is 2.48 bits per heavy atom. The maximum Gasteiger partial charge on any atom is 0.193 e. The van der Waals surface area contributed by atoms with E-state index in [1.165, 1.54) is 5.56 Å². The van der Waals surface area contributed by atoms with E-state index in [0.717, 1.165) is 41.8 Å². The van der Waals surface area contributed by atoms with Gasteiger partial charge in [0.05, 0.1) is 12.8 Å². The normalized spacial score (nSPS) is 12.3. The third kappa shape index (κ3) is 6.41. The van der Waals surface area contributed by atoms with Crippen molar-refractivity contribution in [2.45, 2.75) is 40.2 Å². The molecule has 0 fully saturated rings. The molecule has 7 heteroatoms. The van der Waals surface area contributed by atoms with E-state index in [1.807, 2.05) is 33.0 Å². The summed E-state index contributed by atoms with van der Waals surface area (Å²) in [4.78, 5) is 6.95. The standard InChI is InChI=1S/C20H30N4O2.HI/c1-7-21-20(22-12-14(2)19-15(3)23-26-16(19)4)24(5)13-17-8-10-18(25-6)11-9-17;/h8-11,14H,7,12-13H2,1-6H3,(H,21,22);1H. The van der Waals surface area contributed by atoms with Crippen molar-refractivity contribution in [1.82, 2.24) is 15.4 Å². The van der Waals surface area contributed by atoms with E-state index >= 15 is 0 Å². The Kier molecular flexibility index (Phi) is 9.62. The number of nitrogens with zero attached hydrogens (tertiary/aromatic N) is 3. The molecule has 0 bridgehead atoms. The Bertz CT molecular complexity index is 709. The third-order valence-corrected chi connectivity index (χ3v) is 4.37. The average Bonchev–Trinajstić information content (AvgIpc) is 2.97. The first kappa shape index (κ1) is 23.3. The molecule has 1 N–H and O–H groups in total. The molecule has 1 atom stereocenters. The number of aryl methyl sites for hydroxylation is 2. The van der Waals surface area contributed by atoms with Gasteiger partial charge < -0.3 is 19.5 Å². The summed E-state index contributed by atoms with van der Waals surface area (Å²) in [7, 11) is 3.73. The molecule has 2 aromatic rings. The van der Waals surface area contributed by atoms with Gasteiger partial charge in [-0.2, -0.15) is 0 Å². The van der Waals surface area contributed by atoms with Crippen LogP contribution in [0.4, 0.5) is 0 Å². The number of hydrogen-bond donors (Lipinski definition) is 1. The van der Waals surface area contributed by atoms with Gasteiger partial charge in [-0.05, 0) is 38.5 Å². The van der Waals surface area contributed by atoms with Crippen LogP contribution in [0.3, 0.4) is 0 Å². The fraction of sp³-hybridized carbons (Fsp3) is 0.500. The molecule has 6 nitrogen and oxygen atoms in total.